The number of aliphatic hydroxyl groups excluding tert-OH is 1. The van der Waals surface area contributed by atoms with Gasteiger partial charge in [-0.05, 0) is 37.6 Å². The Bertz CT molecular complexity index is 614. The number of fused-ring (bicyclic) bond motifs is 1. The molecular formula is C17H23N3O. The molecule has 1 aliphatic heterocycles. The number of β-amino-alcohol motifs (C(OH)–C–C–N with tert-alkyl or cyclic N) is 1. The van der Waals surface area contributed by atoms with E-state index in [-0.39, 0.29) is 6.61 Å². The number of hydrogen-bond acceptors (Lipinski definition) is 4. The lowest BCUT2D eigenvalue weighted by molar-refractivity contribution is 0.204. The number of benzene rings is 1. The van der Waals surface area contributed by atoms with E-state index in [2.05, 4.69) is 41.0 Å². The second kappa shape index (κ2) is 6.41. The molecule has 0 aliphatic carbocycles. The molecule has 0 atom stereocenters. The van der Waals surface area contributed by atoms with E-state index in [1.54, 1.807) is 0 Å². The van der Waals surface area contributed by atoms with Crippen LogP contribution in [0.15, 0.2) is 30.3 Å². The third kappa shape index (κ3) is 3.17. The highest BCUT2D eigenvalue weighted by molar-refractivity contribution is 5.81. The van der Waals surface area contributed by atoms with Crippen LogP contribution in [-0.4, -0.2) is 54.3 Å². The lowest BCUT2D eigenvalue weighted by Crippen LogP contribution is -2.33. The van der Waals surface area contributed by atoms with Gasteiger partial charge in [0.05, 0.1) is 12.1 Å². The molecule has 0 unspecified atom stereocenters. The Morgan fingerprint density at radius 2 is 2.00 bits per heavy atom. The van der Waals surface area contributed by atoms with Gasteiger partial charge in [-0.15, -0.1) is 0 Å². The van der Waals surface area contributed by atoms with Gasteiger partial charge in [0.25, 0.3) is 0 Å². The standard InChI is InChI=1S/C17H23N3O/c1-14-13-15-5-2-3-6-16(15)18-17(14)20-8-4-7-19(9-10-20)11-12-21/h2-3,5-6,13,21H,4,7-12H2,1H3. The van der Waals surface area contributed by atoms with Crippen molar-refractivity contribution in [3.63, 3.8) is 0 Å². The summed E-state index contributed by atoms with van der Waals surface area (Å²) in [6.45, 7) is 7.23. The topological polar surface area (TPSA) is 39.6 Å². The normalized spacial score (nSPS) is 17.1. The molecule has 0 amide bonds. The quantitative estimate of drug-likeness (QED) is 0.937. The Labute approximate surface area is 126 Å². The van der Waals surface area contributed by atoms with Crippen LogP contribution in [0.2, 0.25) is 0 Å². The third-order valence-electron chi connectivity index (χ3n) is 4.19. The Kier molecular flexibility index (Phi) is 4.36. The number of rotatable bonds is 3. The van der Waals surface area contributed by atoms with Gasteiger partial charge in [0.1, 0.15) is 5.82 Å². The predicted octanol–water partition coefficient (Wildman–Crippen LogP) is 2.05. The van der Waals surface area contributed by atoms with Crippen molar-refractivity contribution in [2.24, 2.45) is 0 Å². The van der Waals surface area contributed by atoms with Gasteiger partial charge in [-0.1, -0.05) is 18.2 Å². The first-order chi connectivity index (χ1) is 10.3. The van der Waals surface area contributed by atoms with Crippen molar-refractivity contribution < 1.29 is 5.11 Å². The molecule has 1 aromatic carbocycles. The smallest absolute Gasteiger partial charge is 0.132 e. The number of hydrogen-bond donors (Lipinski definition) is 1. The highest BCUT2D eigenvalue weighted by atomic mass is 16.3. The second-order valence-electron chi connectivity index (χ2n) is 5.73. The maximum absolute atomic E-state index is 9.09. The van der Waals surface area contributed by atoms with E-state index in [4.69, 9.17) is 10.1 Å². The molecule has 112 valence electrons. The number of para-hydroxylation sites is 1. The second-order valence-corrected chi connectivity index (χ2v) is 5.73. The summed E-state index contributed by atoms with van der Waals surface area (Å²) in [5.74, 6) is 1.11. The van der Waals surface area contributed by atoms with Gasteiger partial charge in [-0.2, -0.15) is 0 Å². The van der Waals surface area contributed by atoms with Gasteiger partial charge in [0.15, 0.2) is 0 Å². The number of nitrogens with zero attached hydrogens (tertiary/aromatic N) is 3. The highest BCUT2D eigenvalue weighted by Crippen LogP contribution is 2.23. The number of aliphatic hydroxyl groups is 1. The van der Waals surface area contributed by atoms with Crippen molar-refractivity contribution in [2.45, 2.75) is 13.3 Å². The zero-order chi connectivity index (χ0) is 14.7. The molecule has 1 saturated heterocycles. The molecule has 21 heavy (non-hydrogen) atoms. The van der Waals surface area contributed by atoms with Crippen LogP contribution < -0.4 is 4.90 Å². The minimum atomic E-state index is 0.243. The van der Waals surface area contributed by atoms with Crippen molar-refractivity contribution in [3.8, 4) is 0 Å². The van der Waals surface area contributed by atoms with Crippen LogP contribution in [0.1, 0.15) is 12.0 Å². The van der Waals surface area contributed by atoms with E-state index >= 15 is 0 Å². The number of aryl methyl sites for hydroxylation is 1. The zero-order valence-electron chi connectivity index (χ0n) is 12.6. The lowest BCUT2D eigenvalue weighted by Gasteiger charge is -2.24. The lowest BCUT2D eigenvalue weighted by atomic mass is 10.1. The SMILES string of the molecule is Cc1cc2ccccc2nc1N1CCCN(CCO)CC1. The Balaban J connectivity index is 1.84. The molecular weight excluding hydrogens is 262 g/mol. The van der Waals surface area contributed by atoms with Crippen molar-refractivity contribution in [1.82, 2.24) is 9.88 Å². The maximum Gasteiger partial charge on any atom is 0.132 e. The summed E-state index contributed by atoms with van der Waals surface area (Å²) >= 11 is 0. The third-order valence-corrected chi connectivity index (χ3v) is 4.19. The van der Waals surface area contributed by atoms with Crippen LogP contribution >= 0.6 is 0 Å². The van der Waals surface area contributed by atoms with Crippen LogP contribution in [0.3, 0.4) is 0 Å². The molecule has 1 fully saturated rings. The number of aromatic nitrogens is 1. The van der Waals surface area contributed by atoms with Gasteiger partial charge in [0, 0.05) is 31.6 Å². The summed E-state index contributed by atoms with van der Waals surface area (Å²) in [7, 11) is 0. The van der Waals surface area contributed by atoms with Crippen LogP contribution in [-0.2, 0) is 0 Å². The molecule has 1 N–H and O–H groups in total. The average molecular weight is 285 g/mol. The number of anilines is 1. The predicted molar refractivity (Wildman–Crippen MR) is 86.8 cm³/mol. The van der Waals surface area contributed by atoms with Crippen molar-refractivity contribution in [1.29, 1.82) is 0 Å². The fourth-order valence-corrected chi connectivity index (χ4v) is 3.08. The molecule has 0 spiro atoms. The molecule has 1 aromatic heterocycles. The molecule has 4 heteroatoms. The van der Waals surface area contributed by atoms with Crippen LogP contribution in [0, 0.1) is 6.92 Å². The Hall–Kier alpha value is -1.65. The van der Waals surface area contributed by atoms with Crippen molar-refractivity contribution in [3.05, 3.63) is 35.9 Å². The summed E-state index contributed by atoms with van der Waals surface area (Å²) in [5, 5.41) is 10.3. The molecule has 3 rings (SSSR count). The van der Waals surface area contributed by atoms with E-state index in [0.29, 0.717) is 0 Å². The maximum atomic E-state index is 9.09. The largest absolute Gasteiger partial charge is 0.395 e. The minimum Gasteiger partial charge on any atom is -0.395 e. The fraction of sp³-hybridized carbons (Fsp3) is 0.471. The molecule has 4 nitrogen and oxygen atoms in total. The van der Waals surface area contributed by atoms with Gasteiger partial charge < -0.3 is 10.0 Å². The van der Waals surface area contributed by atoms with Crippen molar-refractivity contribution >= 4 is 16.7 Å². The van der Waals surface area contributed by atoms with Crippen molar-refractivity contribution in [2.75, 3.05) is 44.2 Å². The Morgan fingerprint density at radius 3 is 2.86 bits per heavy atom. The Morgan fingerprint density at radius 1 is 1.14 bits per heavy atom. The molecule has 2 aromatic rings. The first-order valence-electron chi connectivity index (χ1n) is 7.72. The molecule has 2 heterocycles. The fourth-order valence-electron chi connectivity index (χ4n) is 3.08. The molecule has 1 aliphatic rings. The average Bonchev–Trinajstić information content (AvgIpc) is 2.73. The first-order valence-corrected chi connectivity index (χ1v) is 7.72. The van der Waals surface area contributed by atoms with E-state index in [1.165, 1.54) is 10.9 Å². The van der Waals surface area contributed by atoms with E-state index in [0.717, 1.165) is 50.5 Å². The van der Waals surface area contributed by atoms with Crippen LogP contribution in [0.4, 0.5) is 5.82 Å². The van der Waals surface area contributed by atoms with Gasteiger partial charge in [0.2, 0.25) is 0 Å². The van der Waals surface area contributed by atoms with Gasteiger partial charge in [-0.25, -0.2) is 4.98 Å². The number of pyridine rings is 1. The van der Waals surface area contributed by atoms with Crippen LogP contribution in [0.5, 0.6) is 0 Å². The molecule has 0 radical (unpaired) electrons. The monoisotopic (exact) mass is 285 g/mol. The zero-order valence-corrected chi connectivity index (χ0v) is 12.6. The van der Waals surface area contributed by atoms with E-state index in [9.17, 15) is 0 Å². The molecule has 0 saturated carbocycles. The first kappa shape index (κ1) is 14.3. The van der Waals surface area contributed by atoms with Gasteiger partial charge >= 0.3 is 0 Å². The van der Waals surface area contributed by atoms with Gasteiger partial charge in [-0.3, -0.25) is 4.90 Å². The summed E-state index contributed by atoms with van der Waals surface area (Å²) in [6.07, 6.45) is 1.12. The minimum absolute atomic E-state index is 0.243. The summed E-state index contributed by atoms with van der Waals surface area (Å²) in [4.78, 5) is 9.59. The summed E-state index contributed by atoms with van der Waals surface area (Å²) in [5.41, 5.74) is 2.30. The summed E-state index contributed by atoms with van der Waals surface area (Å²) < 4.78 is 0. The molecule has 0 bridgehead atoms. The summed E-state index contributed by atoms with van der Waals surface area (Å²) in [6, 6.07) is 10.5. The van der Waals surface area contributed by atoms with Crippen LogP contribution in [0.25, 0.3) is 10.9 Å². The van der Waals surface area contributed by atoms with E-state index in [1.807, 2.05) is 6.07 Å². The highest BCUT2D eigenvalue weighted by Gasteiger charge is 2.17. The van der Waals surface area contributed by atoms with E-state index < -0.39 is 0 Å².